The Morgan fingerprint density at radius 1 is 1.21 bits per heavy atom. The molecule has 0 amide bonds. The maximum atomic E-state index is 10.3. The van der Waals surface area contributed by atoms with Crippen LogP contribution in [-0.4, -0.2) is 40.3 Å². The summed E-state index contributed by atoms with van der Waals surface area (Å²) in [5, 5.41) is 8.50. The lowest BCUT2D eigenvalue weighted by Gasteiger charge is -2.29. The van der Waals surface area contributed by atoms with Gasteiger partial charge in [-0.1, -0.05) is 21.6 Å². The van der Waals surface area contributed by atoms with E-state index in [0.717, 1.165) is 24.3 Å². The molecule has 0 aromatic rings. The summed E-state index contributed by atoms with van der Waals surface area (Å²) in [4.78, 5) is 10.3. The number of hydrogen-bond acceptors (Lipinski definition) is 5. The van der Waals surface area contributed by atoms with Crippen molar-refractivity contribution in [2.24, 2.45) is 5.73 Å². The molecule has 3 N–H and O–H groups in total. The van der Waals surface area contributed by atoms with E-state index in [1.54, 1.807) is 21.6 Å². The minimum Gasteiger partial charge on any atom is -0.481 e. The number of carbonyl (C=O) groups is 1. The maximum Gasteiger partial charge on any atom is 0.303 e. The average Bonchev–Trinajstić information content (AvgIpc) is 2.24. The van der Waals surface area contributed by atoms with Gasteiger partial charge in [0.15, 0.2) is 0 Å². The summed E-state index contributed by atoms with van der Waals surface area (Å²) in [5.74, 6) is 1.16. The van der Waals surface area contributed by atoms with Gasteiger partial charge in [-0.15, -0.1) is 0 Å². The van der Waals surface area contributed by atoms with E-state index in [9.17, 15) is 4.79 Å². The van der Waals surface area contributed by atoms with Crippen molar-refractivity contribution in [3.63, 3.8) is 0 Å². The lowest BCUT2D eigenvalue weighted by atomic mass is 10.0. The van der Waals surface area contributed by atoms with Gasteiger partial charge in [0.2, 0.25) is 0 Å². The first-order valence-electron chi connectivity index (χ1n) is 6.51. The lowest BCUT2D eigenvalue weighted by Crippen LogP contribution is -2.41. The lowest BCUT2D eigenvalue weighted by molar-refractivity contribution is -0.137. The monoisotopic (exact) mass is 309 g/mol. The molecule has 0 rings (SSSR count). The first-order chi connectivity index (χ1) is 8.62. The minimum absolute atomic E-state index is 0.161. The maximum absolute atomic E-state index is 10.3. The van der Waals surface area contributed by atoms with Crippen LogP contribution in [0, 0.1) is 0 Å². The Morgan fingerprint density at radius 2 is 1.79 bits per heavy atom. The molecule has 0 fully saturated rings. The molecule has 6 heteroatoms. The summed E-state index contributed by atoms with van der Waals surface area (Å²) in [5.41, 5.74) is 5.44. The predicted octanol–water partition coefficient (Wildman–Crippen LogP) is 3.16. The van der Waals surface area contributed by atoms with E-state index >= 15 is 0 Å². The Labute approximate surface area is 124 Å². The summed E-state index contributed by atoms with van der Waals surface area (Å²) in [6, 6.07) is 0. The second kappa shape index (κ2) is 9.10. The molecule has 0 atom stereocenters. The number of rotatable bonds is 11. The van der Waals surface area contributed by atoms with Crippen LogP contribution in [0.25, 0.3) is 0 Å². The van der Waals surface area contributed by atoms with E-state index in [0.29, 0.717) is 6.61 Å². The molecule has 0 heterocycles. The molecule has 0 aromatic heterocycles. The quantitative estimate of drug-likeness (QED) is 0.451. The third-order valence-electron chi connectivity index (χ3n) is 2.32. The van der Waals surface area contributed by atoms with Gasteiger partial charge in [-0.2, -0.15) is 0 Å². The van der Waals surface area contributed by atoms with Gasteiger partial charge in [0.05, 0.1) is 12.2 Å². The molecule has 0 spiro atoms. The van der Waals surface area contributed by atoms with Crippen LogP contribution in [0.2, 0.25) is 0 Å². The number of aliphatic carboxylic acids is 1. The summed E-state index contributed by atoms with van der Waals surface area (Å²) < 4.78 is 5.83. The highest BCUT2D eigenvalue weighted by atomic mass is 33.1. The predicted molar refractivity (Wildman–Crippen MR) is 84.7 cm³/mol. The van der Waals surface area contributed by atoms with Crippen molar-refractivity contribution in [2.75, 3.05) is 18.1 Å². The Bertz CT molecular complexity index is 265. The number of nitrogens with two attached hydrogens (primary N) is 1. The van der Waals surface area contributed by atoms with Crippen molar-refractivity contribution in [1.82, 2.24) is 0 Å². The van der Waals surface area contributed by atoms with Gasteiger partial charge in [-0.3, -0.25) is 4.79 Å². The van der Waals surface area contributed by atoms with E-state index < -0.39 is 5.97 Å². The normalized spacial score (nSPS) is 12.7. The zero-order chi connectivity index (χ0) is 14.9. The molecule has 0 aliphatic heterocycles. The van der Waals surface area contributed by atoms with Crippen LogP contribution >= 0.6 is 21.6 Å². The first kappa shape index (κ1) is 19.1. The topological polar surface area (TPSA) is 72.5 Å². The highest BCUT2D eigenvalue weighted by molar-refractivity contribution is 8.76. The number of ether oxygens (including phenoxy) is 1. The molecule has 0 aromatic carbocycles. The van der Waals surface area contributed by atoms with E-state index in [-0.39, 0.29) is 17.6 Å². The summed E-state index contributed by atoms with van der Waals surface area (Å²) in [6.07, 6.45) is 1.95. The fraction of sp³-hybridized carbons (Fsp3) is 0.923. The average molecular weight is 309 g/mol. The SMILES string of the molecule is CC(C)(N)COC(C)(C)CCSSCCCC(=O)O. The third kappa shape index (κ3) is 14.3. The van der Waals surface area contributed by atoms with E-state index in [4.69, 9.17) is 15.6 Å². The molecular weight excluding hydrogens is 282 g/mol. The number of carboxylic acid groups (broad SMARTS) is 1. The van der Waals surface area contributed by atoms with E-state index in [1.807, 2.05) is 13.8 Å². The molecule has 0 aliphatic carbocycles. The van der Waals surface area contributed by atoms with Crippen LogP contribution in [0.5, 0.6) is 0 Å². The number of hydrogen-bond donors (Lipinski definition) is 2. The van der Waals surface area contributed by atoms with Crippen molar-refractivity contribution in [1.29, 1.82) is 0 Å². The number of carboxylic acids is 1. The molecule has 0 unspecified atom stereocenters. The van der Waals surface area contributed by atoms with Crippen LogP contribution in [0.1, 0.15) is 47.0 Å². The van der Waals surface area contributed by atoms with Crippen LogP contribution in [0.15, 0.2) is 0 Å². The van der Waals surface area contributed by atoms with Crippen LogP contribution in [0.4, 0.5) is 0 Å². The second-order valence-corrected chi connectivity index (χ2v) is 8.63. The van der Waals surface area contributed by atoms with Crippen LogP contribution in [0.3, 0.4) is 0 Å². The van der Waals surface area contributed by atoms with Crippen LogP contribution in [-0.2, 0) is 9.53 Å². The molecule has 0 saturated heterocycles. The first-order valence-corrected chi connectivity index (χ1v) is 9.00. The van der Waals surface area contributed by atoms with Crippen LogP contribution < -0.4 is 5.73 Å². The molecular formula is C13H27NO3S2. The van der Waals surface area contributed by atoms with Crippen molar-refractivity contribution >= 4 is 27.6 Å². The second-order valence-electron chi connectivity index (χ2n) is 5.93. The highest BCUT2D eigenvalue weighted by Crippen LogP contribution is 2.27. The van der Waals surface area contributed by atoms with Gasteiger partial charge in [-0.25, -0.2) is 0 Å². The van der Waals surface area contributed by atoms with Gasteiger partial charge in [0.1, 0.15) is 0 Å². The molecule has 4 nitrogen and oxygen atoms in total. The van der Waals surface area contributed by atoms with E-state index in [1.165, 1.54) is 0 Å². The summed E-state index contributed by atoms with van der Waals surface area (Å²) >= 11 is 0. The fourth-order valence-corrected chi connectivity index (χ4v) is 3.52. The standard InChI is InChI=1S/C13H27NO3S2/c1-12(2,14)10-17-13(3,4)7-9-19-18-8-5-6-11(15)16/h5-10,14H2,1-4H3,(H,15,16). The largest absolute Gasteiger partial charge is 0.481 e. The van der Waals surface area contributed by atoms with Gasteiger partial charge in [0, 0.05) is 23.5 Å². The van der Waals surface area contributed by atoms with Gasteiger partial charge in [0.25, 0.3) is 0 Å². The smallest absolute Gasteiger partial charge is 0.303 e. The Morgan fingerprint density at radius 3 is 2.32 bits per heavy atom. The molecule has 0 aliphatic rings. The van der Waals surface area contributed by atoms with E-state index in [2.05, 4.69) is 13.8 Å². The third-order valence-corrected chi connectivity index (χ3v) is 4.82. The molecule has 19 heavy (non-hydrogen) atoms. The Balaban J connectivity index is 3.55. The zero-order valence-electron chi connectivity index (χ0n) is 12.4. The molecule has 114 valence electrons. The Hall–Kier alpha value is 0.0900. The van der Waals surface area contributed by atoms with Gasteiger partial charge >= 0.3 is 5.97 Å². The Kier molecular flexibility index (Phi) is 9.15. The fourth-order valence-electron chi connectivity index (χ4n) is 1.14. The molecule has 0 radical (unpaired) electrons. The molecule has 0 bridgehead atoms. The van der Waals surface area contributed by atoms with Crippen molar-refractivity contribution < 1.29 is 14.6 Å². The van der Waals surface area contributed by atoms with Crippen molar-refractivity contribution in [3.05, 3.63) is 0 Å². The minimum atomic E-state index is -0.718. The summed E-state index contributed by atoms with van der Waals surface area (Å²) in [7, 11) is 3.51. The van der Waals surface area contributed by atoms with Gasteiger partial charge in [-0.05, 0) is 40.5 Å². The highest BCUT2D eigenvalue weighted by Gasteiger charge is 2.21. The zero-order valence-corrected chi connectivity index (χ0v) is 14.0. The van der Waals surface area contributed by atoms with Gasteiger partial charge < -0.3 is 15.6 Å². The molecule has 0 saturated carbocycles. The van der Waals surface area contributed by atoms with Crippen molar-refractivity contribution in [3.8, 4) is 0 Å². The summed E-state index contributed by atoms with van der Waals surface area (Å²) in [6.45, 7) is 8.62. The van der Waals surface area contributed by atoms with Crippen molar-refractivity contribution in [2.45, 2.75) is 58.1 Å².